The van der Waals surface area contributed by atoms with Crippen LogP contribution in [0.2, 0.25) is 0 Å². The third kappa shape index (κ3) is 2.61. The highest BCUT2D eigenvalue weighted by Gasteiger charge is 2.43. The first-order valence-electron chi connectivity index (χ1n) is 7.93. The van der Waals surface area contributed by atoms with Gasteiger partial charge in [-0.3, -0.25) is 14.9 Å². The summed E-state index contributed by atoms with van der Waals surface area (Å²) >= 11 is 0. The quantitative estimate of drug-likeness (QED) is 0.869. The minimum absolute atomic E-state index is 0.0285. The lowest BCUT2D eigenvalue weighted by Gasteiger charge is -2.34. The number of nitrogens with one attached hydrogen (secondary N) is 1. The van der Waals surface area contributed by atoms with Crippen LogP contribution in [0.15, 0.2) is 12.5 Å². The molecule has 1 aromatic rings. The summed E-state index contributed by atoms with van der Waals surface area (Å²) in [4.78, 5) is 28.5. The molecular weight excluding hydrogens is 266 g/mol. The van der Waals surface area contributed by atoms with E-state index in [2.05, 4.69) is 28.7 Å². The normalized spacial score (nSPS) is 27.4. The Morgan fingerprint density at radius 1 is 1.29 bits per heavy atom. The highest BCUT2D eigenvalue weighted by Crippen LogP contribution is 2.43. The van der Waals surface area contributed by atoms with Crippen molar-refractivity contribution in [1.29, 1.82) is 0 Å². The summed E-state index contributed by atoms with van der Waals surface area (Å²) in [5, 5.41) is 2.54. The number of carbonyl (C=O) groups excluding carboxylic acids is 2. The van der Waals surface area contributed by atoms with Gasteiger partial charge in [0.2, 0.25) is 11.8 Å². The SMILES string of the molecule is CC(C)n1cncc1C1CC(=O)NC(=O)C1C1CCCC1. The summed E-state index contributed by atoms with van der Waals surface area (Å²) in [5.41, 5.74) is 1.03. The van der Waals surface area contributed by atoms with Crippen LogP contribution in [-0.2, 0) is 9.59 Å². The predicted molar refractivity (Wildman–Crippen MR) is 78.6 cm³/mol. The van der Waals surface area contributed by atoms with Crippen molar-refractivity contribution in [2.45, 2.75) is 57.9 Å². The van der Waals surface area contributed by atoms with Crippen molar-refractivity contribution >= 4 is 11.8 Å². The third-order valence-electron chi connectivity index (χ3n) is 4.94. The average Bonchev–Trinajstić information content (AvgIpc) is 3.08. The lowest BCUT2D eigenvalue weighted by atomic mass is 9.74. The highest BCUT2D eigenvalue weighted by atomic mass is 16.2. The minimum atomic E-state index is -0.157. The number of carbonyl (C=O) groups is 2. The molecule has 2 heterocycles. The number of piperidine rings is 1. The molecule has 2 amide bonds. The Morgan fingerprint density at radius 2 is 2.00 bits per heavy atom. The van der Waals surface area contributed by atoms with Gasteiger partial charge in [-0.15, -0.1) is 0 Å². The molecule has 2 fully saturated rings. The van der Waals surface area contributed by atoms with E-state index in [1.165, 1.54) is 12.8 Å². The first-order valence-corrected chi connectivity index (χ1v) is 7.93. The van der Waals surface area contributed by atoms with Crippen molar-refractivity contribution in [2.75, 3.05) is 0 Å². The fourth-order valence-electron chi connectivity index (χ4n) is 3.96. The molecule has 5 nitrogen and oxygen atoms in total. The molecule has 2 aliphatic rings. The van der Waals surface area contributed by atoms with Gasteiger partial charge in [-0.25, -0.2) is 4.98 Å². The van der Waals surface area contributed by atoms with Gasteiger partial charge in [0.15, 0.2) is 0 Å². The Bertz CT molecular complexity index is 543. The maximum absolute atomic E-state index is 12.4. The Morgan fingerprint density at radius 3 is 2.67 bits per heavy atom. The third-order valence-corrected chi connectivity index (χ3v) is 4.94. The van der Waals surface area contributed by atoms with Gasteiger partial charge in [0.05, 0.1) is 12.2 Å². The molecule has 5 heteroatoms. The Balaban J connectivity index is 1.96. The number of rotatable bonds is 3. The van der Waals surface area contributed by atoms with E-state index < -0.39 is 0 Å². The highest BCUT2D eigenvalue weighted by molar-refractivity contribution is 6.00. The molecule has 0 spiro atoms. The zero-order valence-corrected chi connectivity index (χ0v) is 12.7. The van der Waals surface area contributed by atoms with E-state index in [9.17, 15) is 9.59 Å². The Kier molecular flexibility index (Phi) is 3.83. The van der Waals surface area contributed by atoms with Crippen LogP contribution in [0.25, 0.3) is 0 Å². The van der Waals surface area contributed by atoms with Crippen molar-refractivity contribution in [3.05, 3.63) is 18.2 Å². The molecule has 0 bridgehead atoms. The first-order chi connectivity index (χ1) is 10.1. The van der Waals surface area contributed by atoms with Gasteiger partial charge < -0.3 is 4.57 Å². The van der Waals surface area contributed by atoms with Gasteiger partial charge in [-0.2, -0.15) is 0 Å². The van der Waals surface area contributed by atoms with Crippen molar-refractivity contribution in [3.8, 4) is 0 Å². The van der Waals surface area contributed by atoms with E-state index in [4.69, 9.17) is 0 Å². The van der Waals surface area contributed by atoms with E-state index >= 15 is 0 Å². The lowest BCUT2D eigenvalue weighted by molar-refractivity contribution is -0.139. The number of hydrogen-bond donors (Lipinski definition) is 1. The number of nitrogens with zero attached hydrogens (tertiary/aromatic N) is 2. The van der Waals surface area contributed by atoms with Gasteiger partial charge >= 0.3 is 0 Å². The minimum Gasteiger partial charge on any atom is -0.332 e. The maximum atomic E-state index is 12.4. The van der Waals surface area contributed by atoms with Crippen LogP contribution < -0.4 is 5.32 Å². The molecule has 1 saturated carbocycles. The molecule has 1 aliphatic heterocycles. The van der Waals surface area contributed by atoms with Gasteiger partial charge in [0.1, 0.15) is 0 Å². The van der Waals surface area contributed by atoms with Crippen LogP contribution in [0.3, 0.4) is 0 Å². The molecule has 1 aliphatic carbocycles. The molecule has 1 aromatic heterocycles. The molecule has 0 aromatic carbocycles. The van der Waals surface area contributed by atoms with E-state index in [1.54, 1.807) is 0 Å². The smallest absolute Gasteiger partial charge is 0.230 e. The van der Waals surface area contributed by atoms with Gasteiger partial charge in [0.25, 0.3) is 0 Å². The van der Waals surface area contributed by atoms with Gasteiger partial charge in [-0.05, 0) is 32.6 Å². The fraction of sp³-hybridized carbons (Fsp3) is 0.688. The zero-order chi connectivity index (χ0) is 15.0. The molecule has 0 radical (unpaired) electrons. The summed E-state index contributed by atoms with van der Waals surface area (Å²) in [6, 6.07) is 0.284. The average molecular weight is 289 g/mol. The van der Waals surface area contributed by atoms with Crippen LogP contribution in [0.5, 0.6) is 0 Å². The number of amides is 2. The summed E-state index contributed by atoms with van der Waals surface area (Å²) < 4.78 is 2.10. The van der Waals surface area contributed by atoms with E-state index in [1.807, 2.05) is 12.5 Å². The molecule has 2 unspecified atom stereocenters. The standard InChI is InChI=1S/C16H23N3O2/c1-10(2)19-9-17-8-13(19)12-7-14(20)18-16(21)15(12)11-5-3-4-6-11/h8-12,15H,3-7H2,1-2H3,(H,18,20,21). The van der Waals surface area contributed by atoms with Gasteiger partial charge in [-0.1, -0.05) is 12.8 Å². The van der Waals surface area contributed by atoms with E-state index in [0.29, 0.717) is 12.3 Å². The molecular formula is C16H23N3O2. The molecule has 2 atom stereocenters. The summed E-state index contributed by atoms with van der Waals surface area (Å²) in [6.45, 7) is 4.20. The van der Waals surface area contributed by atoms with Crippen LogP contribution in [0, 0.1) is 11.8 Å². The summed E-state index contributed by atoms with van der Waals surface area (Å²) in [7, 11) is 0. The molecule has 1 N–H and O–H groups in total. The topological polar surface area (TPSA) is 64.0 Å². The summed E-state index contributed by atoms with van der Waals surface area (Å²) in [6.07, 6.45) is 8.61. The van der Waals surface area contributed by atoms with Crippen LogP contribution >= 0.6 is 0 Å². The molecule has 21 heavy (non-hydrogen) atoms. The van der Waals surface area contributed by atoms with Crippen LogP contribution in [-0.4, -0.2) is 21.4 Å². The Hall–Kier alpha value is -1.65. The summed E-state index contributed by atoms with van der Waals surface area (Å²) in [5.74, 6) is 0.0488. The monoisotopic (exact) mass is 289 g/mol. The maximum Gasteiger partial charge on any atom is 0.230 e. The number of aromatic nitrogens is 2. The largest absolute Gasteiger partial charge is 0.332 e. The number of imide groups is 1. The predicted octanol–water partition coefficient (Wildman–Crippen LogP) is 2.40. The van der Waals surface area contributed by atoms with E-state index in [-0.39, 0.29) is 29.7 Å². The van der Waals surface area contributed by atoms with Crippen molar-refractivity contribution in [2.24, 2.45) is 11.8 Å². The molecule has 114 valence electrons. The van der Waals surface area contributed by atoms with Gasteiger partial charge in [0, 0.05) is 30.3 Å². The second-order valence-electron chi connectivity index (χ2n) is 6.61. The van der Waals surface area contributed by atoms with E-state index in [0.717, 1.165) is 18.5 Å². The van der Waals surface area contributed by atoms with Crippen LogP contribution in [0.4, 0.5) is 0 Å². The van der Waals surface area contributed by atoms with Crippen LogP contribution in [0.1, 0.15) is 63.6 Å². The first kappa shape index (κ1) is 14.3. The second-order valence-corrected chi connectivity index (χ2v) is 6.61. The zero-order valence-electron chi connectivity index (χ0n) is 12.7. The number of imidazole rings is 1. The molecule has 3 rings (SSSR count). The van der Waals surface area contributed by atoms with Crippen molar-refractivity contribution in [1.82, 2.24) is 14.9 Å². The molecule has 1 saturated heterocycles. The van der Waals surface area contributed by atoms with Crippen molar-refractivity contribution < 1.29 is 9.59 Å². The second kappa shape index (κ2) is 5.62. The lowest BCUT2D eigenvalue weighted by Crippen LogP contribution is -2.47. The number of hydrogen-bond acceptors (Lipinski definition) is 3. The Labute approximate surface area is 125 Å². The van der Waals surface area contributed by atoms with Crippen molar-refractivity contribution in [3.63, 3.8) is 0 Å². The fourth-order valence-corrected chi connectivity index (χ4v) is 3.96.